The summed E-state index contributed by atoms with van der Waals surface area (Å²) in [5.74, 6) is -0.846. The number of para-hydroxylation sites is 1. The maximum absolute atomic E-state index is 12.2. The molecule has 128 valence electrons. The molecule has 0 aliphatic carbocycles. The summed E-state index contributed by atoms with van der Waals surface area (Å²) in [7, 11) is 0. The highest BCUT2D eigenvalue weighted by atomic mass is 35.5. The van der Waals surface area contributed by atoms with Crippen LogP contribution in [0, 0.1) is 6.92 Å². The fraction of sp³-hybridized carbons (Fsp3) is 0.412. The standard InChI is InChI=1S/C17H18ClNO5/c1-10-8-19(6-7-22-10)14(20)9-23-17(21)15-11(2)12-4-3-5-13(18)16(12)24-15/h3-5,10H,6-9H2,1-2H3. The average molecular weight is 352 g/mol. The Morgan fingerprint density at radius 3 is 2.92 bits per heavy atom. The summed E-state index contributed by atoms with van der Waals surface area (Å²) in [4.78, 5) is 26.0. The van der Waals surface area contributed by atoms with E-state index in [1.54, 1.807) is 24.0 Å². The number of amides is 1. The molecule has 1 aromatic heterocycles. The van der Waals surface area contributed by atoms with Crippen molar-refractivity contribution in [1.29, 1.82) is 0 Å². The Labute approximate surface area is 144 Å². The second kappa shape index (κ2) is 6.83. The van der Waals surface area contributed by atoms with Crippen LogP contribution in [0.15, 0.2) is 22.6 Å². The molecule has 0 bridgehead atoms. The zero-order valence-corrected chi connectivity index (χ0v) is 14.3. The first kappa shape index (κ1) is 16.8. The monoisotopic (exact) mass is 351 g/mol. The van der Waals surface area contributed by atoms with Crippen molar-refractivity contribution in [3.63, 3.8) is 0 Å². The summed E-state index contributed by atoms with van der Waals surface area (Å²) in [5, 5.41) is 1.18. The molecule has 7 heteroatoms. The van der Waals surface area contributed by atoms with Gasteiger partial charge in [-0.15, -0.1) is 0 Å². The summed E-state index contributed by atoms with van der Waals surface area (Å²) in [6.45, 7) is 4.81. The van der Waals surface area contributed by atoms with E-state index in [0.717, 1.165) is 5.39 Å². The summed E-state index contributed by atoms with van der Waals surface area (Å²) < 4.78 is 16.0. The van der Waals surface area contributed by atoms with E-state index in [-0.39, 0.29) is 24.4 Å². The van der Waals surface area contributed by atoms with E-state index in [1.807, 2.05) is 13.0 Å². The van der Waals surface area contributed by atoms with E-state index in [0.29, 0.717) is 35.9 Å². The molecule has 1 aliphatic rings. The number of hydrogen-bond acceptors (Lipinski definition) is 5. The second-order valence-electron chi connectivity index (χ2n) is 5.77. The highest BCUT2D eigenvalue weighted by Crippen LogP contribution is 2.30. The summed E-state index contributed by atoms with van der Waals surface area (Å²) in [5.41, 5.74) is 1.09. The van der Waals surface area contributed by atoms with E-state index in [1.165, 1.54) is 0 Å². The van der Waals surface area contributed by atoms with Crippen LogP contribution < -0.4 is 0 Å². The van der Waals surface area contributed by atoms with Crippen molar-refractivity contribution in [1.82, 2.24) is 4.90 Å². The number of fused-ring (bicyclic) bond motifs is 1. The number of carbonyl (C=O) groups excluding carboxylic acids is 2. The molecule has 3 rings (SSSR count). The quantitative estimate of drug-likeness (QED) is 0.795. The maximum Gasteiger partial charge on any atom is 0.375 e. The van der Waals surface area contributed by atoms with Gasteiger partial charge in [-0.1, -0.05) is 23.7 Å². The molecule has 0 saturated carbocycles. The minimum absolute atomic E-state index is 0.0156. The number of rotatable bonds is 3. The Hall–Kier alpha value is -2.05. The van der Waals surface area contributed by atoms with Gasteiger partial charge in [0.15, 0.2) is 12.2 Å². The van der Waals surface area contributed by atoms with Crippen molar-refractivity contribution in [3.05, 3.63) is 34.5 Å². The van der Waals surface area contributed by atoms with Gasteiger partial charge in [0.2, 0.25) is 5.76 Å². The molecule has 1 aliphatic heterocycles. The minimum Gasteiger partial charge on any atom is -0.450 e. The molecule has 1 atom stereocenters. The van der Waals surface area contributed by atoms with E-state index in [9.17, 15) is 9.59 Å². The third-order valence-corrected chi connectivity index (χ3v) is 4.32. The predicted octanol–water partition coefficient (Wildman–Crippen LogP) is 2.80. The highest BCUT2D eigenvalue weighted by molar-refractivity contribution is 6.35. The number of halogens is 1. The number of morpholine rings is 1. The lowest BCUT2D eigenvalue weighted by molar-refractivity contribution is -0.141. The van der Waals surface area contributed by atoms with Gasteiger partial charge >= 0.3 is 5.97 Å². The third kappa shape index (κ3) is 3.25. The molecule has 1 fully saturated rings. The fourth-order valence-electron chi connectivity index (χ4n) is 2.73. The number of aryl methyl sites for hydroxylation is 1. The molecule has 1 aromatic carbocycles. The van der Waals surface area contributed by atoms with Crippen molar-refractivity contribution in [2.24, 2.45) is 0 Å². The SMILES string of the molecule is Cc1c(C(=O)OCC(=O)N2CCOC(C)C2)oc2c(Cl)cccc12. The molecule has 1 saturated heterocycles. The molecule has 2 aromatic rings. The number of furan rings is 1. The Morgan fingerprint density at radius 2 is 2.21 bits per heavy atom. The van der Waals surface area contributed by atoms with Crippen LogP contribution in [-0.2, 0) is 14.3 Å². The van der Waals surface area contributed by atoms with E-state index < -0.39 is 5.97 Å². The Balaban J connectivity index is 1.68. The zero-order chi connectivity index (χ0) is 17.3. The highest BCUT2D eigenvalue weighted by Gasteiger charge is 2.24. The Morgan fingerprint density at radius 1 is 1.42 bits per heavy atom. The van der Waals surface area contributed by atoms with Crippen LogP contribution in [0.5, 0.6) is 0 Å². The number of carbonyl (C=O) groups is 2. The van der Waals surface area contributed by atoms with Crippen molar-refractivity contribution >= 4 is 34.4 Å². The number of hydrogen-bond donors (Lipinski definition) is 0. The molecule has 0 spiro atoms. The number of benzene rings is 1. The van der Waals surface area contributed by atoms with E-state index in [4.69, 9.17) is 25.5 Å². The first-order valence-electron chi connectivity index (χ1n) is 7.71. The normalized spacial score (nSPS) is 18.0. The maximum atomic E-state index is 12.2. The van der Waals surface area contributed by atoms with Gasteiger partial charge in [0.25, 0.3) is 5.91 Å². The zero-order valence-electron chi connectivity index (χ0n) is 13.5. The van der Waals surface area contributed by atoms with Crippen LogP contribution in [0.25, 0.3) is 11.0 Å². The van der Waals surface area contributed by atoms with Gasteiger partial charge in [0.1, 0.15) is 0 Å². The Kier molecular flexibility index (Phi) is 4.78. The number of nitrogens with zero attached hydrogens (tertiary/aromatic N) is 1. The molecular weight excluding hydrogens is 334 g/mol. The number of esters is 1. The van der Waals surface area contributed by atoms with Gasteiger partial charge < -0.3 is 18.8 Å². The van der Waals surface area contributed by atoms with E-state index >= 15 is 0 Å². The fourth-order valence-corrected chi connectivity index (χ4v) is 2.95. The molecular formula is C17H18ClNO5. The van der Waals surface area contributed by atoms with Gasteiger partial charge in [0.05, 0.1) is 17.7 Å². The molecule has 1 unspecified atom stereocenters. The van der Waals surface area contributed by atoms with Crippen LogP contribution in [0.1, 0.15) is 23.0 Å². The Bertz CT molecular complexity index is 785. The molecule has 0 radical (unpaired) electrons. The summed E-state index contributed by atoms with van der Waals surface area (Å²) in [6, 6.07) is 5.29. The van der Waals surface area contributed by atoms with Crippen LogP contribution in [-0.4, -0.2) is 49.2 Å². The minimum atomic E-state index is -0.672. The van der Waals surface area contributed by atoms with Crippen molar-refractivity contribution < 1.29 is 23.5 Å². The van der Waals surface area contributed by atoms with Crippen molar-refractivity contribution in [3.8, 4) is 0 Å². The van der Waals surface area contributed by atoms with Crippen LogP contribution in [0.4, 0.5) is 0 Å². The lowest BCUT2D eigenvalue weighted by Crippen LogP contribution is -2.46. The molecule has 6 nitrogen and oxygen atoms in total. The summed E-state index contributed by atoms with van der Waals surface area (Å²) >= 11 is 6.07. The van der Waals surface area contributed by atoms with Crippen LogP contribution in [0.2, 0.25) is 5.02 Å². The lowest BCUT2D eigenvalue weighted by atomic mass is 10.1. The van der Waals surface area contributed by atoms with Crippen LogP contribution >= 0.6 is 11.6 Å². The summed E-state index contributed by atoms with van der Waals surface area (Å²) in [6.07, 6.45) is -0.0156. The van der Waals surface area contributed by atoms with Gasteiger partial charge in [-0.05, 0) is 19.9 Å². The van der Waals surface area contributed by atoms with Gasteiger partial charge in [-0.25, -0.2) is 4.79 Å². The second-order valence-corrected chi connectivity index (χ2v) is 6.18. The third-order valence-electron chi connectivity index (χ3n) is 4.02. The van der Waals surface area contributed by atoms with Crippen LogP contribution in [0.3, 0.4) is 0 Å². The smallest absolute Gasteiger partial charge is 0.375 e. The number of ether oxygens (including phenoxy) is 2. The lowest BCUT2D eigenvalue weighted by Gasteiger charge is -2.30. The predicted molar refractivity (Wildman–Crippen MR) is 88.2 cm³/mol. The van der Waals surface area contributed by atoms with E-state index in [2.05, 4.69) is 0 Å². The molecule has 0 N–H and O–H groups in total. The van der Waals surface area contributed by atoms with Crippen molar-refractivity contribution in [2.75, 3.05) is 26.3 Å². The average Bonchev–Trinajstić information content (AvgIpc) is 2.91. The largest absolute Gasteiger partial charge is 0.450 e. The van der Waals surface area contributed by atoms with Gasteiger partial charge in [0, 0.05) is 24.0 Å². The molecule has 2 heterocycles. The topological polar surface area (TPSA) is 69.0 Å². The first-order chi connectivity index (χ1) is 11.5. The van der Waals surface area contributed by atoms with Crippen molar-refractivity contribution in [2.45, 2.75) is 20.0 Å². The van der Waals surface area contributed by atoms with Gasteiger partial charge in [-0.2, -0.15) is 0 Å². The van der Waals surface area contributed by atoms with Gasteiger partial charge in [-0.3, -0.25) is 4.79 Å². The first-order valence-corrected chi connectivity index (χ1v) is 8.09. The molecule has 1 amide bonds. The molecule has 24 heavy (non-hydrogen) atoms.